The number of halogens is 3. The van der Waals surface area contributed by atoms with Gasteiger partial charge < -0.3 is 14.5 Å². The van der Waals surface area contributed by atoms with Crippen LogP contribution in [0.5, 0.6) is 5.88 Å². The molecule has 3 heterocycles. The van der Waals surface area contributed by atoms with E-state index in [4.69, 9.17) is 27.9 Å². The van der Waals surface area contributed by atoms with Crippen molar-refractivity contribution < 1.29 is 18.7 Å². The molecule has 0 saturated carbocycles. The lowest BCUT2D eigenvalue weighted by Gasteiger charge is -2.40. The topological polar surface area (TPSA) is 62.7 Å². The summed E-state index contributed by atoms with van der Waals surface area (Å²) >= 11 is 12.1. The van der Waals surface area contributed by atoms with Gasteiger partial charge in [-0.3, -0.25) is 9.59 Å². The molecule has 0 bridgehead atoms. The number of nitrogens with zero attached hydrogens (tertiary/aromatic N) is 3. The maximum Gasteiger partial charge on any atom is 0.263 e. The van der Waals surface area contributed by atoms with Gasteiger partial charge in [0.05, 0.1) is 11.6 Å². The molecule has 1 spiro atoms. The number of benzene rings is 2. The van der Waals surface area contributed by atoms with Crippen LogP contribution >= 0.6 is 23.2 Å². The SMILES string of the molecule is CCOc1ncc(Cl)cc1C(=O)N1CC2(CCN(C(=O)c3cc(F)cc(Cl)c3)CC2)c2ccccc21. The molecule has 0 unspecified atom stereocenters. The van der Waals surface area contributed by atoms with Crippen LogP contribution in [0.3, 0.4) is 0 Å². The van der Waals surface area contributed by atoms with Gasteiger partial charge in [0, 0.05) is 47.5 Å². The lowest BCUT2D eigenvalue weighted by molar-refractivity contribution is 0.0670. The molecule has 1 aromatic heterocycles. The van der Waals surface area contributed by atoms with Gasteiger partial charge in [0.2, 0.25) is 5.88 Å². The third-order valence-corrected chi connectivity index (χ3v) is 7.34. The average Bonchev–Trinajstić information content (AvgIpc) is 3.18. The van der Waals surface area contributed by atoms with Gasteiger partial charge in [0.15, 0.2) is 0 Å². The van der Waals surface area contributed by atoms with Crippen molar-refractivity contribution in [3.05, 3.63) is 87.3 Å². The Morgan fingerprint density at radius 1 is 1.06 bits per heavy atom. The van der Waals surface area contributed by atoms with E-state index in [1.165, 1.54) is 24.4 Å². The fourth-order valence-electron chi connectivity index (χ4n) is 5.21. The van der Waals surface area contributed by atoms with Gasteiger partial charge in [-0.15, -0.1) is 0 Å². The second-order valence-corrected chi connectivity index (χ2v) is 9.95. The molecule has 2 aromatic carbocycles. The van der Waals surface area contributed by atoms with Crippen molar-refractivity contribution >= 4 is 40.7 Å². The van der Waals surface area contributed by atoms with E-state index < -0.39 is 5.82 Å². The smallest absolute Gasteiger partial charge is 0.263 e. The number of anilines is 1. The Kier molecular flexibility index (Phi) is 6.62. The molecule has 1 saturated heterocycles. The molecule has 0 aliphatic carbocycles. The number of pyridine rings is 1. The number of amides is 2. The molecular weight excluding hydrogens is 504 g/mol. The predicted molar refractivity (Wildman–Crippen MR) is 137 cm³/mol. The van der Waals surface area contributed by atoms with Crippen LogP contribution in [0.25, 0.3) is 0 Å². The van der Waals surface area contributed by atoms with Crippen LogP contribution in [-0.2, 0) is 5.41 Å². The first-order valence-electron chi connectivity index (χ1n) is 11.8. The minimum atomic E-state index is -0.542. The lowest BCUT2D eigenvalue weighted by atomic mass is 9.74. The van der Waals surface area contributed by atoms with E-state index in [1.807, 2.05) is 31.2 Å². The van der Waals surface area contributed by atoms with Crippen LogP contribution in [0.4, 0.5) is 10.1 Å². The Labute approximate surface area is 218 Å². The monoisotopic (exact) mass is 527 g/mol. The van der Waals surface area contributed by atoms with E-state index >= 15 is 0 Å². The number of ether oxygens (including phenoxy) is 1. The van der Waals surface area contributed by atoms with Crippen molar-refractivity contribution in [3.63, 3.8) is 0 Å². The summed E-state index contributed by atoms with van der Waals surface area (Å²) in [4.78, 5) is 34.5. The van der Waals surface area contributed by atoms with Crippen molar-refractivity contribution in [2.75, 3.05) is 31.1 Å². The summed E-state index contributed by atoms with van der Waals surface area (Å²) in [5.41, 5.74) is 2.15. The molecule has 0 radical (unpaired) electrons. The number of carbonyl (C=O) groups is 2. The number of rotatable bonds is 4. The van der Waals surface area contributed by atoms with Gasteiger partial charge in [-0.2, -0.15) is 0 Å². The minimum Gasteiger partial charge on any atom is -0.477 e. The Morgan fingerprint density at radius 3 is 2.53 bits per heavy atom. The first kappa shape index (κ1) is 24.5. The summed E-state index contributed by atoms with van der Waals surface area (Å²) < 4.78 is 19.4. The fourth-order valence-corrected chi connectivity index (χ4v) is 5.59. The summed E-state index contributed by atoms with van der Waals surface area (Å²) in [6, 6.07) is 13.3. The first-order valence-corrected chi connectivity index (χ1v) is 12.5. The van der Waals surface area contributed by atoms with E-state index in [-0.39, 0.29) is 33.7 Å². The summed E-state index contributed by atoms with van der Waals surface area (Å²) in [5.74, 6) is -0.776. The summed E-state index contributed by atoms with van der Waals surface area (Å²) in [7, 11) is 0. The number of carbonyl (C=O) groups excluding carboxylic acids is 2. The minimum absolute atomic E-state index is 0.188. The van der Waals surface area contributed by atoms with E-state index in [9.17, 15) is 14.0 Å². The maximum atomic E-state index is 13.8. The third kappa shape index (κ3) is 4.42. The summed E-state index contributed by atoms with van der Waals surface area (Å²) in [5, 5.41) is 0.543. The highest BCUT2D eigenvalue weighted by Gasteiger charge is 2.47. The number of hydrogen-bond acceptors (Lipinski definition) is 4. The number of para-hydroxylation sites is 1. The molecule has 186 valence electrons. The number of hydrogen-bond donors (Lipinski definition) is 0. The molecule has 6 nitrogen and oxygen atoms in total. The second kappa shape index (κ2) is 9.71. The molecule has 0 atom stereocenters. The molecule has 2 amide bonds. The fraction of sp³-hybridized carbons (Fsp3) is 0.296. The molecular formula is C27H24Cl2FN3O3. The Balaban J connectivity index is 1.41. The molecule has 0 N–H and O–H groups in total. The zero-order chi connectivity index (χ0) is 25.4. The van der Waals surface area contributed by atoms with Crippen LogP contribution in [0.1, 0.15) is 46.0 Å². The maximum absolute atomic E-state index is 13.8. The van der Waals surface area contributed by atoms with Gasteiger partial charge in [0.25, 0.3) is 11.8 Å². The van der Waals surface area contributed by atoms with Gasteiger partial charge in [-0.25, -0.2) is 9.37 Å². The highest BCUT2D eigenvalue weighted by Crippen LogP contribution is 2.47. The van der Waals surface area contributed by atoms with Crippen LogP contribution in [-0.4, -0.2) is 47.9 Å². The van der Waals surface area contributed by atoms with E-state index in [1.54, 1.807) is 15.9 Å². The molecule has 1 fully saturated rings. The van der Waals surface area contributed by atoms with Gasteiger partial charge in [-0.05, 0) is 55.7 Å². The van der Waals surface area contributed by atoms with E-state index in [0.717, 1.165) is 11.3 Å². The van der Waals surface area contributed by atoms with Crippen LogP contribution in [0.2, 0.25) is 10.0 Å². The molecule has 9 heteroatoms. The van der Waals surface area contributed by atoms with E-state index in [2.05, 4.69) is 4.98 Å². The average molecular weight is 528 g/mol. The van der Waals surface area contributed by atoms with Crippen molar-refractivity contribution in [1.82, 2.24) is 9.88 Å². The highest BCUT2D eigenvalue weighted by atomic mass is 35.5. The Morgan fingerprint density at radius 2 is 1.81 bits per heavy atom. The first-order chi connectivity index (χ1) is 17.3. The van der Waals surface area contributed by atoms with Crippen molar-refractivity contribution in [3.8, 4) is 5.88 Å². The third-order valence-electron chi connectivity index (χ3n) is 6.92. The van der Waals surface area contributed by atoms with Gasteiger partial charge in [-0.1, -0.05) is 41.4 Å². The zero-order valence-electron chi connectivity index (χ0n) is 19.6. The number of fused-ring (bicyclic) bond motifs is 2. The van der Waals surface area contributed by atoms with Crippen molar-refractivity contribution in [1.29, 1.82) is 0 Å². The molecule has 3 aromatic rings. The zero-order valence-corrected chi connectivity index (χ0v) is 21.2. The van der Waals surface area contributed by atoms with Crippen molar-refractivity contribution in [2.24, 2.45) is 0 Å². The molecule has 2 aliphatic rings. The van der Waals surface area contributed by atoms with Crippen LogP contribution in [0, 0.1) is 5.82 Å². The molecule has 5 rings (SSSR count). The standard InChI is InChI=1S/C27H24Cl2FN3O3/c1-2-36-24-21(14-19(29)15-31-24)26(35)33-16-27(22-5-3-4-6-23(22)33)7-9-32(10-8-27)25(34)17-11-18(28)13-20(30)12-17/h3-6,11-15H,2,7-10,16H2,1H3. The summed E-state index contributed by atoms with van der Waals surface area (Å²) in [6.45, 7) is 3.63. The second-order valence-electron chi connectivity index (χ2n) is 9.08. The Hall–Kier alpha value is -3.16. The number of piperidine rings is 1. The van der Waals surface area contributed by atoms with Crippen LogP contribution < -0.4 is 9.64 Å². The quantitative estimate of drug-likeness (QED) is 0.432. The number of aromatic nitrogens is 1. The summed E-state index contributed by atoms with van der Waals surface area (Å²) in [6.07, 6.45) is 2.78. The van der Waals surface area contributed by atoms with Crippen molar-refractivity contribution in [2.45, 2.75) is 25.2 Å². The van der Waals surface area contributed by atoms with E-state index in [0.29, 0.717) is 49.7 Å². The van der Waals surface area contributed by atoms with Crippen LogP contribution in [0.15, 0.2) is 54.7 Å². The number of likely N-dealkylation sites (tertiary alicyclic amines) is 1. The lowest BCUT2D eigenvalue weighted by Crippen LogP contribution is -2.47. The van der Waals surface area contributed by atoms with Gasteiger partial charge >= 0.3 is 0 Å². The Bertz CT molecular complexity index is 1320. The largest absolute Gasteiger partial charge is 0.477 e. The van der Waals surface area contributed by atoms with Gasteiger partial charge in [0.1, 0.15) is 11.4 Å². The molecule has 2 aliphatic heterocycles. The normalized spacial score (nSPS) is 16.2. The highest BCUT2D eigenvalue weighted by molar-refractivity contribution is 6.31. The molecule has 36 heavy (non-hydrogen) atoms. The predicted octanol–water partition coefficient (Wildman–Crippen LogP) is 5.76.